The highest BCUT2D eigenvalue weighted by molar-refractivity contribution is 7.88. The largest absolute Gasteiger partial charge is 0.444 e. The van der Waals surface area contributed by atoms with Crippen molar-refractivity contribution in [1.82, 2.24) is 14.9 Å². The fourth-order valence-corrected chi connectivity index (χ4v) is 2.16. The molecular formula is C12H23N3O5S. The summed E-state index contributed by atoms with van der Waals surface area (Å²) in [4.78, 5) is 24.9. The number of likely N-dealkylation sites (tertiary alicyclic amines) is 1. The molecule has 0 aromatic rings. The number of hydrogen-bond acceptors (Lipinski definition) is 5. The molecule has 0 aromatic heterocycles. The second kappa shape index (κ2) is 6.61. The zero-order chi connectivity index (χ0) is 16.3. The quantitative estimate of drug-likeness (QED) is 0.665. The van der Waals surface area contributed by atoms with Crippen molar-refractivity contribution in [3.8, 4) is 0 Å². The highest BCUT2D eigenvalue weighted by Crippen LogP contribution is 2.19. The molecule has 0 saturated carbocycles. The lowest BCUT2D eigenvalue weighted by molar-refractivity contribution is -0.129. The molecule has 0 radical (unpaired) electrons. The molecule has 0 unspecified atom stereocenters. The van der Waals surface area contributed by atoms with Gasteiger partial charge >= 0.3 is 6.09 Å². The summed E-state index contributed by atoms with van der Waals surface area (Å²) in [6.07, 6.45) is 0.629. The maximum Gasteiger partial charge on any atom is 0.410 e. The Labute approximate surface area is 125 Å². The molecule has 2 N–H and O–H groups in total. The van der Waals surface area contributed by atoms with Crippen molar-refractivity contribution in [3.05, 3.63) is 0 Å². The summed E-state index contributed by atoms with van der Waals surface area (Å²) in [5, 5.41) is 2.62. The van der Waals surface area contributed by atoms with Gasteiger partial charge in [0.1, 0.15) is 5.60 Å². The Morgan fingerprint density at radius 3 is 2.29 bits per heavy atom. The average Bonchev–Trinajstić information content (AvgIpc) is 2.18. The van der Waals surface area contributed by atoms with E-state index in [1.807, 2.05) is 0 Å². The monoisotopic (exact) mass is 321 g/mol. The molecule has 0 bridgehead atoms. The molecule has 8 nitrogen and oxygen atoms in total. The third-order valence-corrected chi connectivity index (χ3v) is 3.42. The lowest BCUT2D eigenvalue weighted by Crippen LogP contribution is -2.57. The molecule has 0 spiro atoms. The van der Waals surface area contributed by atoms with Gasteiger partial charge in [0, 0.05) is 26.2 Å². The van der Waals surface area contributed by atoms with Gasteiger partial charge in [0.25, 0.3) is 0 Å². The lowest BCUT2D eigenvalue weighted by Gasteiger charge is -2.38. The van der Waals surface area contributed by atoms with E-state index in [-0.39, 0.29) is 24.9 Å². The van der Waals surface area contributed by atoms with Gasteiger partial charge in [-0.05, 0) is 20.8 Å². The van der Waals surface area contributed by atoms with Crippen LogP contribution in [0.2, 0.25) is 0 Å². The summed E-state index contributed by atoms with van der Waals surface area (Å²) in [5.74, 6) is -0.458. The van der Waals surface area contributed by atoms with Crippen LogP contribution in [0.15, 0.2) is 0 Å². The Hall–Kier alpha value is -1.35. The number of carbonyl (C=O) groups is 2. The number of carbonyl (C=O) groups excluding carboxylic acids is 2. The molecule has 0 atom stereocenters. The van der Waals surface area contributed by atoms with Crippen LogP contribution in [0.5, 0.6) is 0 Å². The molecule has 1 aliphatic heterocycles. The Balaban J connectivity index is 2.21. The molecule has 2 amide bonds. The molecule has 1 aliphatic rings. The first-order valence-electron chi connectivity index (χ1n) is 6.68. The van der Waals surface area contributed by atoms with Crippen LogP contribution in [0, 0.1) is 5.92 Å². The number of ether oxygens (including phenoxy) is 1. The fourth-order valence-electron chi connectivity index (χ4n) is 1.69. The van der Waals surface area contributed by atoms with E-state index in [0.717, 1.165) is 6.26 Å². The number of sulfonamides is 1. The van der Waals surface area contributed by atoms with Crippen molar-refractivity contribution in [2.75, 3.05) is 32.4 Å². The third kappa shape index (κ3) is 6.76. The number of nitrogens with one attached hydrogen (secondary N) is 2. The minimum atomic E-state index is -3.24. The van der Waals surface area contributed by atoms with E-state index in [1.54, 1.807) is 20.8 Å². The molecule has 1 saturated heterocycles. The molecule has 122 valence electrons. The molecule has 1 heterocycles. The van der Waals surface area contributed by atoms with E-state index >= 15 is 0 Å². The molecular weight excluding hydrogens is 298 g/mol. The fraction of sp³-hybridized carbons (Fsp3) is 0.833. The van der Waals surface area contributed by atoms with Gasteiger partial charge in [-0.1, -0.05) is 0 Å². The first kappa shape index (κ1) is 17.7. The lowest BCUT2D eigenvalue weighted by atomic mass is 10.00. The summed E-state index contributed by atoms with van der Waals surface area (Å²) in [6.45, 7) is 6.35. The van der Waals surface area contributed by atoms with Crippen LogP contribution in [0.4, 0.5) is 4.79 Å². The number of hydrogen-bond donors (Lipinski definition) is 2. The molecule has 21 heavy (non-hydrogen) atoms. The van der Waals surface area contributed by atoms with Gasteiger partial charge in [-0.2, -0.15) is 0 Å². The number of amides is 2. The topological polar surface area (TPSA) is 105 Å². The normalized spacial score (nSPS) is 16.3. The Morgan fingerprint density at radius 1 is 1.24 bits per heavy atom. The summed E-state index contributed by atoms with van der Waals surface area (Å²) < 4.78 is 29.1. The van der Waals surface area contributed by atoms with Crippen molar-refractivity contribution in [2.45, 2.75) is 26.4 Å². The van der Waals surface area contributed by atoms with Crippen molar-refractivity contribution >= 4 is 22.0 Å². The second-order valence-corrected chi connectivity index (χ2v) is 7.87. The Kier molecular flexibility index (Phi) is 5.57. The van der Waals surface area contributed by atoms with Gasteiger partial charge in [-0.25, -0.2) is 17.9 Å². The zero-order valence-corrected chi connectivity index (χ0v) is 13.6. The molecule has 1 rings (SSSR count). The Bertz CT molecular complexity index is 492. The van der Waals surface area contributed by atoms with E-state index in [9.17, 15) is 18.0 Å². The second-order valence-electron chi connectivity index (χ2n) is 6.04. The van der Waals surface area contributed by atoms with Gasteiger partial charge in [-0.3, -0.25) is 4.79 Å². The summed E-state index contributed by atoms with van der Waals surface area (Å²) >= 11 is 0. The highest BCUT2D eigenvalue weighted by Gasteiger charge is 2.37. The maximum absolute atomic E-state index is 11.7. The van der Waals surface area contributed by atoms with Crippen LogP contribution in [0.25, 0.3) is 0 Å². The van der Waals surface area contributed by atoms with E-state index in [0.29, 0.717) is 13.1 Å². The Morgan fingerprint density at radius 2 is 1.81 bits per heavy atom. The molecule has 1 fully saturated rings. The smallest absolute Gasteiger partial charge is 0.410 e. The van der Waals surface area contributed by atoms with Crippen LogP contribution in [-0.2, 0) is 19.6 Å². The molecule has 0 aliphatic carbocycles. The third-order valence-electron chi connectivity index (χ3n) is 2.69. The van der Waals surface area contributed by atoms with Crippen LogP contribution in [0.3, 0.4) is 0 Å². The number of nitrogens with zero attached hydrogens (tertiary/aromatic N) is 1. The van der Waals surface area contributed by atoms with Gasteiger partial charge in [0.15, 0.2) is 0 Å². The van der Waals surface area contributed by atoms with Gasteiger partial charge in [0.05, 0.1) is 12.2 Å². The van der Waals surface area contributed by atoms with Crippen molar-refractivity contribution in [3.63, 3.8) is 0 Å². The first-order valence-corrected chi connectivity index (χ1v) is 8.57. The standard InChI is InChI=1S/C12H23N3O5S/c1-12(2,3)20-11(17)15-7-9(8-15)10(16)13-5-6-14-21(4,18)19/h9,14H,5-8H2,1-4H3,(H,13,16). The van der Waals surface area contributed by atoms with Crippen LogP contribution in [0.1, 0.15) is 20.8 Å². The minimum Gasteiger partial charge on any atom is -0.444 e. The van der Waals surface area contributed by atoms with E-state index in [1.165, 1.54) is 4.90 Å². The van der Waals surface area contributed by atoms with E-state index < -0.39 is 21.7 Å². The maximum atomic E-state index is 11.7. The zero-order valence-electron chi connectivity index (χ0n) is 12.8. The predicted octanol–water partition coefficient (Wildman–Crippen LogP) is -0.481. The van der Waals surface area contributed by atoms with Crippen LogP contribution >= 0.6 is 0 Å². The highest BCUT2D eigenvalue weighted by atomic mass is 32.2. The van der Waals surface area contributed by atoms with Crippen molar-refractivity contribution < 1.29 is 22.7 Å². The SMILES string of the molecule is CC(C)(C)OC(=O)N1CC(C(=O)NCCNS(C)(=O)=O)C1. The number of rotatable bonds is 5. The summed E-state index contributed by atoms with van der Waals surface area (Å²) in [6, 6.07) is 0. The van der Waals surface area contributed by atoms with Gasteiger partial charge in [0.2, 0.25) is 15.9 Å². The summed E-state index contributed by atoms with van der Waals surface area (Å²) in [7, 11) is -3.24. The molecule has 0 aromatic carbocycles. The van der Waals surface area contributed by atoms with Crippen molar-refractivity contribution in [1.29, 1.82) is 0 Å². The molecule has 9 heteroatoms. The van der Waals surface area contributed by atoms with Crippen molar-refractivity contribution in [2.24, 2.45) is 5.92 Å². The van der Waals surface area contributed by atoms with E-state index in [2.05, 4.69) is 10.0 Å². The minimum absolute atomic E-state index is 0.146. The van der Waals surface area contributed by atoms with Gasteiger partial charge in [-0.15, -0.1) is 0 Å². The van der Waals surface area contributed by atoms with Crippen LogP contribution in [-0.4, -0.2) is 63.4 Å². The first-order chi connectivity index (χ1) is 9.48. The predicted molar refractivity (Wildman–Crippen MR) is 77.2 cm³/mol. The average molecular weight is 321 g/mol. The van der Waals surface area contributed by atoms with Crippen LogP contribution < -0.4 is 10.0 Å². The van der Waals surface area contributed by atoms with Gasteiger partial charge < -0.3 is 15.0 Å². The van der Waals surface area contributed by atoms with E-state index in [4.69, 9.17) is 4.74 Å². The summed E-state index contributed by atoms with van der Waals surface area (Å²) in [5.41, 5.74) is -0.554.